The molecule has 0 aliphatic carbocycles. The Hall–Kier alpha value is -4.41. The minimum atomic E-state index is -1.35. The van der Waals surface area contributed by atoms with Gasteiger partial charge < -0.3 is 19.6 Å². The topological polar surface area (TPSA) is 136 Å². The normalized spacial score (nSPS) is 13.3. The van der Waals surface area contributed by atoms with E-state index >= 15 is 0 Å². The third-order valence-corrected chi connectivity index (χ3v) is 5.41. The molecule has 162 valence electrons. The van der Waals surface area contributed by atoms with Crippen molar-refractivity contribution in [2.45, 2.75) is 12.5 Å². The second kappa shape index (κ2) is 7.08. The molecule has 1 aromatic carbocycles. The molecule has 0 fully saturated rings. The maximum absolute atomic E-state index is 13.1. The van der Waals surface area contributed by atoms with Gasteiger partial charge in [-0.15, -0.1) is 5.10 Å². The molecule has 4 heterocycles. The number of esters is 1. The van der Waals surface area contributed by atoms with Crippen LogP contribution in [0.25, 0.3) is 28.3 Å². The zero-order valence-electron chi connectivity index (χ0n) is 17.5. The fraction of sp³-hybridized carbons (Fsp3) is 0.190. The molecule has 0 saturated carbocycles. The number of methoxy groups -OCH3 is 2. The van der Waals surface area contributed by atoms with Crippen molar-refractivity contribution in [1.82, 2.24) is 29.4 Å². The number of carbonyl (C=O) groups is 1. The summed E-state index contributed by atoms with van der Waals surface area (Å²) in [6, 6.07) is 10.6. The Balaban J connectivity index is 1.77. The third kappa shape index (κ3) is 2.71. The highest BCUT2D eigenvalue weighted by Gasteiger charge is 2.41. The Labute approximate surface area is 181 Å². The van der Waals surface area contributed by atoms with Crippen LogP contribution in [0.15, 0.2) is 53.3 Å². The zero-order valence-corrected chi connectivity index (χ0v) is 17.5. The summed E-state index contributed by atoms with van der Waals surface area (Å²) in [5.74, 6) is 0.979. The molecule has 5 rings (SSSR count). The van der Waals surface area contributed by atoms with Crippen molar-refractivity contribution in [3.05, 3.63) is 54.4 Å². The highest BCUT2D eigenvalue weighted by Crippen LogP contribution is 2.33. The van der Waals surface area contributed by atoms with Gasteiger partial charge in [0.15, 0.2) is 22.6 Å². The molecule has 11 heteroatoms. The fourth-order valence-corrected chi connectivity index (χ4v) is 3.70. The van der Waals surface area contributed by atoms with Gasteiger partial charge >= 0.3 is 5.97 Å². The quantitative estimate of drug-likeness (QED) is 0.414. The van der Waals surface area contributed by atoms with Gasteiger partial charge in [-0.2, -0.15) is 14.6 Å². The summed E-state index contributed by atoms with van der Waals surface area (Å²) in [5, 5.41) is 9.43. The second-order valence-electron chi connectivity index (χ2n) is 7.21. The lowest BCUT2D eigenvalue weighted by molar-refractivity contribution is -0.148. The summed E-state index contributed by atoms with van der Waals surface area (Å²) >= 11 is 0. The highest BCUT2D eigenvalue weighted by molar-refractivity contribution is 5.93. The smallest absolute Gasteiger partial charge is 0.338 e. The van der Waals surface area contributed by atoms with E-state index in [1.165, 1.54) is 22.6 Å². The number of fused-ring (bicyclic) bond motifs is 3. The number of hydrogen-bond acceptors (Lipinski definition) is 9. The standard InChI is InChI=1S/C21H19N7O4/c1-21(19(29)31-3,12-6-4-7-13(10-12)30-2)28-18-14(11-23-28)17-24-16(15-8-5-9-32-15)26-27(17)20(22)25-18/h4-11H,1-3H3,(H2,22,25). The lowest BCUT2D eigenvalue weighted by Crippen LogP contribution is -2.42. The average molecular weight is 433 g/mol. The summed E-state index contributed by atoms with van der Waals surface area (Å²) in [6.07, 6.45) is 3.10. The van der Waals surface area contributed by atoms with Crippen LogP contribution in [0.3, 0.4) is 0 Å². The zero-order chi connectivity index (χ0) is 22.5. The van der Waals surface area contributed by atoms with E-state index in [9.17, 15) is 4.79 Å². The van der Waals surface area contributed by atoms with Crippen LogP contribution in [0.1, 0.15) is 12.5 Å². The molecule has 0 spiro atoms. The summed E-state index contributed by atoms with van der Waals surface area (Å²) in [6.45, 7) is 1.69. The van der Waals surface area contributed by atoms with Gasteiger partial charge in [-0.1, -0.05) is 12.1 Å². The molecule has 11 nitrogen and oxygen atoms in total. The van der Waals surface area contributed by atoms with Gasteiger partial charge in [0.1, 0.15) is 5.75 Å². The number of carbonyl (C=O) groups excluding carboxylic acids is 1. The summed E-state index contributed by atoms with van der Waals surface area (Å²) in [5.41, 5.74) is 6.23. The van der Waals surface area contributed by atoms with Crippen molar-refractivity contribution in [3.63, 3.8) is 0 Å². The number of furan rings is 1. The number of hydrogen-bond donors (Lipinski definition) is 1. The van der Waals surface area contributed by atoms with Crippen LogP contribution in [0.4, 0.5) is 5.95 Å². The Morgan fingerprint density at radius 1 is 1.16 bits per heavy atom. The molecule has 1 atom stereocenters. The van der Waals surface area contributed by atoms with E-state index in [1.54, 1.807) is 56.6 Å². The van der Waals surface area contributed by atoms with Crippen LogP contribution in [0.2, 0.25) is 0 Å². The van der Waals surface area contributed by atoms with Gasteiger partial charge in [0.25, 0.3) is 0 Å². The van der Waals surface area contributed by atoms with Crippen molar-refractivity contribution in [2.75, 3.05) is 20.0 Å². The van der Waals surface area contributed by atoms with E-state index in [0.717, 1.165) is 0 Å². The number of aromatic nitrogens is 6. The first kappa shape index (κ1) is 19.5. The first-order valence-electron chi connectivity index (χ1n) is 9.64. The first-order chi connectivity index (χ1) is 15.5. The maximum Gasteiger partial charge on any atom is 0.338 e. The molecule has 0 amide bonds. The number of nitrogens with zero attached hydrogens (tertiary/aromatic N) is 6. The van der Waals surface area contributed by atoms with Crippen LogP contribution < -0.4 is 10.5 Å². The van der Waals surface area contributed by atoms with Gasteiger partial charge in [0, 0.05) is 0 Å². The Bertz CT molecular complexity index is 1450. The molecule has 0 saturated heterocycles. The predicted octanol–water partition coefficient (Wildman–Crippen LogP) is 2.26. The number of rotatable bonds is 5. The number of ether oxygens (including phenoxy) is 2. The van der Waals surface area contributed by atoms with Crippen LogP contribution >= 0.6 is 0 Å². The minimum Gasteiger partial charge on any atom is -0.497 e. The molecule has 4 aromatic heterocycles. The van der Waals surface area contributed by atoms with Crippen molar-refractivity contribution in [3.8, 4) is 17.3 Å². The van der Waals surface area contributed by atoms with Gasteiger partial charge in [0.05, 0.1) is 32.1 Å². The molecule has 0 aliphatic rings. The van der Waals surface area contributed by atoms with Crippen LogP contribution in [0, 0.1) is 0 Å². The molecule has 0 aliphatic heterocycles. The summed E-state index contributed by atoms with van der Waals surface area (Å²) < 4.78 is 18.8. The Morgan fingerprint density at radius 2 is 2.00 bits per heavy atom. The first-order valence-corrected chi connectivity index (χ1v) is 9.64. The van der Waals surface area contributed by atoms with Crippen molar-refractivity contribution >= 4 is 28.6 Å². The molecule has 0 radical (unpaired) electrons. The van der Waals surface area contributed by atoms with Gasteiger partial charge in [-0.3, -0.25) is 0 Å². The number of benzene rings is 1. The minimum absolute atomic E-state index is 0.0809. The molecule has 5 aromatic rings. The Kier molecular flexibility index (Phi) is 4.33. The molecule has 1 unspecified atom stereocenters. The van der Waals surface area contributed by atoms with Crippen molar-refractivity contribution in [2.24, 2.45) is 0 Å². The number of anilines is 1. The fourth-order valence-electron chi connectivity index (χ4n) is 3.70. The van der Waals surface area contributed by atoms with Gasteiger partial charge in [-0.25, -0.2) is 14.5 Å². The molecular formula is C21H19N7O4. The average Bonchev–Trinajstić information content (AvgIpc) is 3.57. The second-order valence-corrected chi connectivity index (χ2v) is 7.21. The highest BCUT2D eigenvalue weighted by atomic mass is 16.5. The monoisotopic (exact) mass is 433 g/mol. The lowest BCUT2D eigenvalue weighted by atomic mass is 9.92. The molecule has 2 N–H and O–H groups in total. The molecule has 32 heavy (non-hydrogen) atoms. The predicted molar refractivity (Wildman–Crippen MR) is 114 cm³/mol. The van der Waals surface area contributed by atoms with E-state index in [-0.39, 0.29) is 5.95 Å². The molecule has 0 bridgehead atoms. The number of nitrogen functional groups attached to an aromatic ring is 1. The number of nitrogens with two attached hydrogens (primary N) is 1. The van der Waals surface area contributed by atoms with Gasteiger partial charge in [0.2, 0.25) is 11.8 Å². The van der Waals surface area contributed by atoms with E-state index in [0.29, 0.717) is 39.6 Å². The van der Waals surface area contributed by atoms with E-state index in [1.807, 2.05) is 0 Å². The summed E-state index contributed by atoms with van der Waals surface area (Å²) in [7, 11) is 2.87. The SMILES string of the molecule is COC(=O)C(C)(c1cccc(OC)c1)n1ncc2c1nc(N)n1nc(-c3ccco3)nc21. The van der Waals surface area contributed by atoms with E-state index in [4.69, 9.17) is 19.6 Å². The van der Waals surface area contributed by atoms with Crippen molar-refractivity contribution < 1.29 is 18.7 Å². The molecular weight excluding hydrogens is 414 g/mol. The van der Waals surface area contributed by atoms with Crippen LogP contribution in [0.5, 0.6) is 5.75 Å². The van der Waals surface area contributed by atoms with Crippen LogP contribution in [-0.2, 0) is 15.1 Å². The Morgan fingerprint density at radius 3 is 2.72 bits per heavy atom. The van der Waals surface area contributed by atoms with E-state index < -0.39 is 11.5 Å². The lowest BCUT2D eigenvalue weighted by Gasteiger charge is -2.28. The largest absolute Gasteiger partial charge is 0.497 e. The van der Waals surface area contributed by atoms with E-state index in [2.05, 4.69) is 20.2 Å². The van der Waals surface area contributed by atoms with Crippen LogP contribution in [-0.4, -0.2) is 49.6 Å². The third-order valence-electron chi connectivity index (χ3n) is 5.41. The van der Waals surface area contributed by atoms with Crippen molar-refractivity contribution in [1.29, 1.82) is 0 Å². The van der Waals surface area contributed by atoms with Gasteiger partial charge in [-0.05, 0) is 36.8 Å². The maximum atomic E-state index is 13.1. The summed E-state index contributed by atoms with van der Waals surface area (Å²) in [4.78, 5) is 22.1.